The van der Waals surface area contributed by atoms with Crippen LogP contribution in [0.3, 0.4) is 0 Å². The van der Waals surface area contributed by atoms with Crippen molar-refractivity contribution in [3.8, 4) is 39.1 Å². The van der Waals surface area contributed by atoms with Crippen LogP contribution in [-0.2, 0) is 0 Å². The van der Waals surface area contributed by atoms with Crippen LogP contribution in [0.25, 0.3) is 81.0 Å². The number of anilines is 3. The standard InChI is InChI=1S/C54H36N2S2/c57-53-44(38-15-6-2-7-16-38)20-12-21-45(53)39-25-29-42(30-26-39)55(41-27-23-37(24-28-41)36-13-4-1-5-14-36)43-31-32-48-50(35-43)56(40-17-8-3-9-18-40)49-34-33-47-46-19-10-11-22-51(46)58-54(47)52(48)49/h1-35,57H. The molecule has 0 fully saturated rings. The van der Waals surface area contributed by atoms with Gasteiger partial charge in [0.05, 0.1) is 11.0 Å². The van der Waals surface area contributed by atoms with E-state index in [0.717, 1.165) is 49.9 Å². The molecule has 0 aliphatic carbocycles. The number of thiophene rings is 1. The molecule has 0 N–H and O–H groups in total. The maximum atomic E-state index is 5.07. The maximum Gasteiger partial charge on any atom is 0.0562 e. The SMILES string of the molecule is Sc1c(-c2ccccc2)cccc1-c1ccc(N(c2ccc(-c3ccccc3)cc2)c2ccc3c4c5sc6ccccc6c5ccc4n(-c4ccccc4)c3c2)cc1. The smallest absolute Gasteiger partial charge is 0.0562 e. The number of aromatic nitrogens is 1. The Kier molecular flexibility index (Phi) is 8.46. The van der Waals surface area contributed by atoms with E-state index in [2.05, 4.69) is 216 Å². The van der Waals surface area contributed by atoms with E-state index in [1.807, 2.05) is 17.4 Å². The fraction of sp³-hybridized carbons (Fsp3) is 0. The summed E-state index contributed by atoms with van der Waals surface area (Å²) in [5.74, 6) is 0. The Morgan fingerprint density at radius 1 is 0.397 bits per heavy atom. The van der Waals surface area contributed by atoms with Crippen LogP contribution in [-0.4, -0.2) is 4.57 Å². The number of benzene rings is 9. The highest BCUT2D eigenvalue weighted by molar-refractivity contribution is 7.80. The van der Waals surface area contributed by atoms with Crippen LogP contribution in [0.5, 0.6) is 0 Å². The van der Waals surface area contributed by atoms with Crippen LogP contribution in [0.15, 0.2) is 217 Å². The minimum Gasteiger partial charge on any atom is -0.310 e. The van der Waals surface area contributed by atoms with Gasteiger partial charge in [0.25, 0.3) is 0 Å². The highest BCUT2D eigenvalue weighted by atomic mass is 32.1. The van der Waals surface area contributed by atoms with Gasteiger partial charge in [0, 0.05) is 58.6 Å². The molecule has 11 aromatic rings. The second-order valence-electron chi connectivity index (χ2n) is 14.7. The summed E-state index contributed by atoms with van der Waals surface area (Å²) in [5, 5.41) is 5.16. The Hall–Kier alpha value is -6.85. The average Bonchev–Trinajstić information content (AvgIpc) is 3.84. The molecule has 0 amide bonds. The predicted molar refractivity (Wildman–Crippen MR) is 252 cm³/mol. The third kappa shape index (κ3) is 5.80. The van der Waals surface area contributed by atoms with Gasteiger partial charge in [-0.05, 0) is 94.0 Å². The third-order valence-corrected chi connectivity index (χ3v) is 13.0. The van der Waals surface area contributed by atoms with Crippen LogP contribution in [0.1, 0.15) is 0 Å². The van der Waals surface area contributed by atoms with Crippen molar-refractivity contribution in [2.24, 2.45) is 0 Å². The minimum absolute atomic E-state index is 0.974. The molecule has 0 saturated heterocycles. The molecule has 0 aliphatic rings. The van der Waals surface area contributed by atoms with Gasteiger partial charge < -0.3 is 9.47 Å². The lowest BCUT2D eigenvalue weighted by molar-refractivity contribution is 1.18. The second kappa shape index (κ2) is 14.3. The Bertz CT molecular complexity index is 3260. The highest BCUT2D eigenvalue weighted by Gasteiger charge is 2.21. The monoisotopic (exact) mass is 776 g/mol. The molecule has 0 bridgehead atoms. The summed E-state index contributed by atoms with van der Waals surface area (Å²) in [6.07, 6.45) is 0. The van der Waals surface area contributed by atoms with Crippen LogP contribution >= 0.6 is 24.0 Å². The number of fused-ring (bicyclic) bond motifs is 7. The lowest BCUT2D eigenvalue weighted by atomic mass is 9.98. The van der Waals surface area contributed by atoms with E-state index in [1.165, 1.54) is 53.1 Å². The van der Waals surface area contributed by atoms with E-state index in [-0.39, 0.29) is 0 Å². The fourth-order valence-electron chi connectivity index (χ4n) is 8.56. The zero-order chi connectivity index (χ0) is 38.6. The summed E-state index contributed by atoms with van der Waals surface area (Å²) in [4.78, 5) is 3.35. The van der Waals surface area contributed by atoms with Crippen molar-refractivity contribution >= 4 is 83.0 Å². The average molecular weight is 777 g/mol. The first-order chi connectivity index (χ1) is 28.7. The highest BCUT2D eigenvalue weighted by Crippen LogP contribution is 2.46. The Labute approximate surface area is 346 Å². The van der Waals surface area contributed by atoms with Gasteiger partial charge in [-0.3, -0.25) is 0 Å². The minimum atomic E-state index is 0.974. The summed E-state index contributed by atoms with van der Waals surface area (Å²) < 4.78 is 5.08. The van der Waals surface area contributed by atoms with Crippen molar-refractivity contribution in [2.45, 2.75) is 4.90 Å². The van der Waals surface area contributed by atoms with E-state index in [9.17, 15) is 0 Å². The van der Waals surface area contributed by atoms with Gasteiger partial charge >= 0.3 is 0 Å². The van der Waals surface area contributed by atoms with E-state index in [4.69, 9.17) is 12.6 Å². The molecular weight excluding hydrogens is 741 g/mol. The molecule has 0 spiro atoms. The van der Waals surface area contributed by atoms with Gasteiger partial charge in [-0.2, -0.15) is 0 Å². The van der Waals surface area contributed by atoms with Crippen molar-refractivity contribution in [1.29, 1.82) is 0 Å². The summed E-state index contributed by atoms with van der Waals surface area (Å²) in [5.41, 5.74) is 13.7. The summed E-state index contributed by atoms with van der Waals surface area (Å²) in [6.45, 7) is 0. The van der Waals surface area contributed by atoms with Gasteiger partial charge in [-0.15, -0.1) is 24.0 Å². The molecule has 2 nitrogen and oxygen atoms in total. The van der Waals surface area contributed by atoms with Crippen LogP contribution in [0.2, 0.25) is 0 Å². The lowest BCUT2D eigenvalue weighted by Gasteiger charge is -2.26. The van der Waals surface area contributed by atoms with Gasteiger partial charge in [0.1, 0.15) is 0 Å². The molecule has 0 radical (unpaired) electrons. The van der Waals surface area contributed by atoms with Crippen LogP contribution in [0.4, 0.5) is 17.1 Å². The first-order valence-electron chi connectivity index (χ1n) is 19.6. The third-order valence-electron chi connectivity index (χ3n) is 11.3. The van der Waals surface area contributed by atoms with Crippen molar-refractivity contribution in [3.63, 3.8) is 0 Å². The summed E-state index contributed by atoms with van der Waals surface area (Å²) >= 11 is 6.96. The predicted octanol–water partition coefficient (Wildman–Crippen LogP) is 15.9. The van der Waals surface area contributed by atoms with Gasteiger partial charge in [-0.25, -0.2) is 0 Å². The molecule has 9 aromatic carbocycles. The van der Waals surface area contributed by atoms with Crippen molar-refractivity contribution in [3.05, 3.63) is 212 Å². The van der Waals surface area contributed by atoms with Crippen LogP contribution in [0, 0.1) is 0 Å². The number of hydrogen-bond acceptors (Lipinski definition) is 3. The van der Waals surface area contributed by atoms with Gasteiger partial charge in [0.2, 0.25) is 0 Å². The number of hydrogen-bond donors (Lipinski definition) is 1. The molecule has 0 unspecified atom stereocenters. The van der Waals surface area contributed by atoms with E-state index >= 15 is 0 Å². The molecule has 0 atom stereocenters. The van der Waals surface area contributed by atoms with Gasteiger partial charge in [-0.1, -0.05) is 152 Å². The molecule has 0 saturated carbocycles. The molecule has 4 heteroatoms. The molecule has 0 aliphatic heterocycles. The molecule has 11 rings (SSSR count). The quantitative estimate of drug-likeness (QED) is 0.159. The molecule has 274 valence electrons. The van der Waals surface area contributed by atoms with Crippen molar-refractivity contribution < 1.29 is 0 Å². The Morgan fingerprint density at radius 2 is 0.931 bits per heavy atom. The number of thiol groups is 1. The zero-order valence-electron chi connectivity index (χ0n) is 31.5. The maximum absolute atomic E-state index is 5.07. The first-order valence-corrected chi connectivity index (χ1v) is 20.8. The lowest BCUT2D eigenvalue weighted by Crippen LogP contribution is -2.10. The topological polar surface area (TPSA) is 8.17 Å². The molecule has 2 heterocycles. The summed E-state index contributed by atoms with van der Waals surface area (Å²) in [6, 6.07) is 76.5. The second-order valence-corrected chi connectivity index (χ2v) is 16.2. The Morgan fingerprint density at radius 3 is 1.62 bits per heavy atom. The van der Waals surface area contributed by atoms with E-state index in [1.54, 1.807) is 0 Å². The van der Waals surface area contributed by atoms with E-state index < -0.39 is 0 Å². The van der Waals surface area contributed by atoms with E-state index in [0.29, 0.717) is 0 Å². The zero-order valence-corrected chi connectivity index (χ0v) is 33.2. The number of nitrogens with zero attached hydrogens (tertiary/aromatic N) is 2. The van der Waals surface area contributed by atoms with Crippen molar-refractivity contribution in [1.82, 2.24) is 4.57 Å². The van der Waals surface area contributed by atoms with Crippen LogP contribution < -0.4 is 4.90 Å². The largest absolute Gasteiger partial charge is 0.310 e. The molecule has 58 heavy (non-hydrogen) atoms. The Balaban J connectivity index is 1.10. The number of para-hydroxylation sites is 1. The van der Waals surface area contributed by atoms with Crippen molar-refractivity contribution in [2.75, 3.05) is 4.90 Å². The molecule has 2 aromatic heterocycles. The first kappa shape index (κ1) is 34.4. The normalized spacial score (nSPS) is 11.5. The van der Waals surface area contributed by atoms with Gasteiger partial charge in [0.15, 0.2) is 0 Å². The fourth-order valence-corrected chi connectivity index (χ4v) is 10.2. The summed E-state index contributed by atoms with van der Waals surface area (Å²) in [7, 11) is 0. The molecular formula is C54H36N2S2. The number of rotatable bonds is 7.